The molecule has 1 N–H and O–H groups in total. The highest BCUT2D eigenvalue weighted by Gasteiger charge is 2.16. The molecule has 0 radical (unpaired) electrons. The second kappa shape index (κ2) is 7.42. The Balaban J connectivity index is 1.76. The average Bonchev–Trinajstić information content (AvgIpc) is 2.98. The molecule has 136 valence electrons. The maximum Gasteiger partial charge on any atom is 0.387 e. The number of hydrogen-bond acceptors (Lipinski definition) is 4. The highest BCUT2D eigenvalue weighted by Crippen LogP contribution is 2.21. The van der Waals surface area contributed by atoms with Crippen LogP contribution in [0.2, 0.25) is 0 Å². The lowest BCUT2D eigenvalue weighted by molar-refractivity contribution is -0.0521. The van der Waals surface area contributed by atoms with Crippen LogP contribution in [0.3, 0.4) is 0 Å². The number of rotatable bonds is 6. The van der Waals surface area contributed by atoms with Gasteiger partial charge in [-0.25, -0.2) is 4.39 Å². The van der Waals surface area contributed by atoms with Crippen molar-refractivity contribution in [3.05, 3.63) is 59.2 Å². The molecule has 0 aliphatic heterocycles. The summed E-state index contributed by atoms with van der Waals surface area (Å²) in [6.07, 6.45) is 2.26. The number of halogens is 3. The molecule has 2 heterocycles. The van der Waals surface area contributed by atoms with Crippen molar-refractivity contribution in [3.8, 4) is 5.75 Å². The van der Waals surface area contributed by atoms with Gasteiger partial charge in [-0.15, -0.1) is 0 Å². The molecule has 0 fully saturated rings. The van der Waals surface area contributed by atoms with Crippen molar-refractivity contribution in [1.29, 1.82) is 0 Å². The first-order chi connectivity index (χ1) is 12.5. The van der Waals surface area contributed by atoms with E-state index in [1.165, 1.54) is 10.7 Å². The van der Waals surface area contributed by atoms with Crippen LogP contribution in [0.15, 0.2) is 36.5 Å². The number of fused-ring (bicyclic) bond motifs is 1. The number of amides is 1. The second-order valence-electron chi connectivity index (χ2n) is 5.38. The SMILES string of the molecule is CCc1nn2ncccc2c1CNC(=O)c1ccc(OC(F)F)c(F)c1. The molecular weight excluding hydrogens is 349 g/mol. The zero-order valence-corrected chi connectivity index (χ0v) is 13.7. The highest BCUT2D eigenvalue weighted by molar-refractivity contribution is 5.94. The number of hydrogen-bond donors (Lipinski definition) is 1. The van der Waals surface area contributed by atoms with Crippen molar-refractivity contribution >= 4 is 11.4 Å². The van der Waals surface area contributed by atoms with Crippen LogP contribution in [-0.4, -0.2) is 27.3 Å². The maximum atomic E-state index is 13.8. The number of alkyl halides is 2. The van der Waals surface area contributed by atoms with Gasteiger partial charge in [0.1, 0.15) is 0 Å². The van der Waals surface area contributed by atoms with E-state index in [9.17, 15) is 18.0 Å². The van der Waals surface area contributed by atoms with E-state index in [2.05, 4.69) is 20.3 Å². The molecule has 3 aromatic rings. The Morgan fingerprint density at radius 1 is 1.35 bits per heavy atom. The summed E-state index contributed by atoms with van der Waals surface area (Å²) in [5.41, 5.74) is 2.36. The van der Waals surface area contributed by atoms with E-state index in [0.29, 0.717) is 6.42 Å². The van der Waals surface area contributed by atoms with Gasteiger partial charge in [0.15, 0.2) is 11.6 Å². The summed E-state index contributed by atoms with van der Waals surface area (Å²) in [5, 5.41) is 11.1. The normalized spacial score (nSPS) is 11.1. The van der Waals surface area contributed by atoms with E-state index in [1.54, 1.807) is 12.3 Å². The highest BCUT2D eigenvalue weighted by atomic mass is 19.3. The largest absolute Gasteiger partial charge is 0.432 e. The smallest absolute Gasteiger partial charge is 0.387 e. The number of aromatic nitrogens is 3. The minimum atomic E-state index is -3.14. The summed E-state index contributed by atoms with van der Waals surface area (Å²) in [6.45, 7) is -1.03. The summed E-state index contributed by atoms with van der Waals surface area (Å²) in [5.74, 6) is -2.19. The molecule has 0 aliphatic carbocycles. The van der Waals surface area contributed by atoms with Gasteiger partial charge in [-0.2, -0.15) is 23.6 Å². The van der Waals surface area contributed by atoms with Gasteiger partial charge < -0.3 is 10.1 Å². The van der Waals surface area contributed by atoms with Gasteiger partial charge in [0, 0.05) is 23.9 Å². The van der Waals surface area contributed by atoms with Crippen LogP contribution in [0.25, 0.3) is 5.52 Å². The molecule has 0 unspecified atom stereocenters. The van der Waals surface area contributed by atoms with E-state index in [0.717, 1.165) is 28.9 Å². The lowest BCUT2D eigenvalue weighted by Crippen LogP contribution is -2.23. The molecule has 6 nitrogen and oxygen atoms in total. The van der Waals surface area contributed by atoms with Gasteiger partial charge in [-0.3, -0.25) is 4.79 Å². The summed E-state index contributed by atoms with van der Waals surface area (Å²) in [7, 11) is 0. The van der Waals surface area contributed by atoms with Crippen molar-refractivity contribution in [3.63, 3.8) is 0 Å². The Hall–Kier alpha value is -3.10. The number of benzene rings is 1. The number of nitrogens with zero attached hydrogens (tertiary/aromatic N) is 3. The van der Waals surface area contributed by atoms with Crippen molar-refractivity contribution in [2.24, 2.45) is 0 Å². The van der Waals surface area contributed by atoms with Gasteiger partial charge in [-0.1, -0.05) is 6.92 Å². The van der Waals surface area contributed by atoms with Crippen molar-refractivity contribution < 1.29 is 22.7 Å². The minimum absolute atomic E-state index is 0.00300. The molecule has 0 saturated carbocycles. The third-order valence-electron chi connectivity index (χ3n) is 3.78. The van der Waals surface area contributed by atoms with Crippen molar-refractivity contribution in [2.45, 2.75) is 26.5 Å². The zero-order valence-electron chi connectivity index (χ0n) is 13.7. The van der Waals surface area contributed by atoms with Crippen LogP contribution in [0.1, 0.15) is 28.5 Å². The molecule has 1 amide bonds. The van der Waals surface area contributed by atoms with Gasteiger partial charge in [-0.05, 0) is 36.8 Å². The quantitative estimate of drug-likeness (QED) is 0.730. The predicted molar refractivity (Wildman–Crippen MR) is 86.6 cm³/mol. The van der Waals surface area contributed by atoms with Crippen molar-refractivity contribution in [2.75, 3.05) is 0 Å². The molecule has 1 aromatic carbocycles. The van der Waals surface area contributed by atoms with Gasteiger partial charge >= 0.3 is 6.61 Å². The molecule has 26 heavy (non-hydrogen) atoms. The number of aryl methyl sites for hydroxylation is 1. The second-order valence-corrected chi connectivity index (χ2v) is 5.38. The van der Waals surface area contributed by atoms with Crippen LogP contribution >= 0.6 is 0 Å². The maximum absolute atomic E-state index is 13.8. The first kappa shape index (κ1) is 17.7. The molecule has 3 rings (SSSR count). The lowest BCUT2D eigenvalue weighted by Gasteiger charge is -2.08. The number of ether oxygens (including phenoxy) is 1. The monoisotopic (exact) mass is 364 g/mol. The van der Waals surface area contributed by atoms with E-state index in [-0.39, 0.29) is 12.1 Å². The van der Waals surface area contributed by atoms with Crippen LogP contribution in [0.4, 0.5) is 13.2 Å². The Morgan fingerprint density at radius 2 is 2.15 bits per heavy atom. The summed E-state index contributed by atoms with van der Waals surface area (Å²) < 4.78 is 43.6. The van der Waals surface area contributed by atoms with E-state index in [4.69, 9.17) is 0 Å². The van der Waals surface area contributed by atoms with Crippen molar-refractivity contribution in [1.82, 2.24) is 20.1 Å². The van der Waals surface area contributed by atoms with Crippen LogP contribution < -0.4 is 10.1 Å². The number of carbonyl (C=O) groups is 1. The third kappa shape index (κ3) is 3.61. The van der Waals surface area contributed by atoms with Gasteiger partial charge in [0.2, 0.25) is 0 Å². The standard InChI is InChI=1S/C17H15F3N4O2/c1-2-13-11(14-4-3-7-22-24(14)23-13)9-21-16(25)10-5-6-15(12(18)8-10)26-17(19)20/h3-8,17H,2,9H2,1H3,(H,21,25). The fourth-order valence-electron chi connectivity index (χ4n) is 2.57. The topological polar surface area (TPSA) is 68.5 Å². The van der Waals surface area contributed by atoms with Crippen LogP contribution in [0, 0.1) is 5.82 Å². The molecule has 9 heteroatoms. The molecule has 0 atom stereocenters. The van der Waals surface area contributed by atoms with E-state index in [1.807, 2.05) is 13.0 Å². The van der Waals surface area contributed by atoms with Gasteiger partial charge in [0.05, 0.1) is 11.2 Å². The Labute approximate surface area is 146 Å². The summed E-state index contributed by atoms with van der Waals surface area (Å²) in [6, 6.07) is 6.66. The van der Waals surface area contributed by atoms with Gasteiger partial charge in [0.25, 0.3) is 5.91 Å². The van der Waals surface area contributed by atoms with E-state index >= 15 is 0 Å². The first-order valence-corrected chi connectivity index (χ1v) is 7.84. The fraction of sp³-hybridized carbons (Fsp3) is 0.235. The molecule has 0 spiro atoms. The Kier molecular flexibility index (Phi) is 5.06. The van der Waals surface area contributed by atoms with Crippen LogP contribution in [0.5, 0.6) is 5.75 Å². The number of carbonyl (C=O) groups excluding carboxylic acids is 1. The fourth-order valence-corrected chi connectivity index (χ4v) is 2.57. The zero-order chi connectivity index (χ0) is 18.7. The Bertz CT molecular complexity index is 943. The molecule has 0 aliphatic rings. The molecule has 0 saturated heterocycles. The van der Waals surface area contributed by atoms with E-state index < -0.39 is 24.1 Å². The molecule has 2 aromatic heterocycles. The Morgan fingerprint density at radius 3 is 2.85 bits per heavy atom. The minimum Gasteiger partial charge on any atom is -0.432 e. The average molecular weight is 364 g/mol. The van der Waals surface area contributed by atoms with Crippen LogP contribution in [-0.2, 0) is 13.0 Å². The number of nitrogens with one attached hydrogen (secondary N) is 1. The lowest BCUT2D eigenvalue weighted by atomic mass is 10.1. The molecule has 0 bridgehead atoms. The molecular formula is C17H15F3N4O2. The first-order valence-electron chi connectivity index (χ1n) is 7.84. The summed E-state index contributed by atoms with van der Waals surface area (Å²) >= 11 is 0. The third-order valence-corrected chi connectivity index (χ3v) is 3.78. The predicted octanol–water partition coefficient (Wildman–Crippen LogP) is 2.96. The summed E-state index contributed by atoms with van der Waals surface area (Å²) in [4.78, 5) is 12.3.